The zero-order valence-corrected chi connectivity index (χ0v) is 16.2. The number of nitrogens with zero attached hydrogens (tertiary/aromatic N) is 4. The Bertz CT molecular complexity index is 1100. The third-order valence-corrected chi connectivity index (χ3v) is 5.86. The van der Waals surface area contributed by atoms with Gasteiger partial charge in [0.15, 0.2) is 11.4 Å². The number of ether oxygens (including phenoxy) is 1. The van der Waals surface area contributed by atoms with Crippen LogP contribution in [0.15, 0.2) is 33.5 Å². The fraction of sp³-hybridized carbons (Fsp3) is 0.500. The van der Waals surface area contributed by atoms with E-state index in [1.54, 1.807) is 30.2 Å². The average molecular weight is 397 g/mol. The summed E-state index contributed by atoms with van der Waals surface area (Å²) in [4.78, 5) is 31.7. The van der Waals surface area contributed by atoms with Gasteiger partial charge in [0.2, 0.25) is 5.91 Å². The lowest BCUT2D eigenvalue weighted by Crippen LogP contribution is -2.34. The van der Waals surface area contributed by atoms with Crippen molar-refractivity contribution >= 4 is 17.0 Å². The molecule has 0 radical (unpaired) electrons. The van der Waals surface area contributed by atoms with Crippen LogP contribution in [0.1, 0.15) is 36.3 Å². The number of H-pyrrole nitrogens is 1. The van der Waals surface area contributed by atoms with Gasteiger partial charge in [-0.1, -0.05) is 12.1 Å². The number of para-hydroxylation sites is 2. The van der Waals surface area contributed by atoms with E-state index in [4.69, 9.17) is 9.15 Å². The number of aromatic amines is 1. The van der Waals surface area contributed by atoms with Crippen molar-refractivity contribution in [3.05, 3.63) is 46.5 Å². The standard InChI is InChI=1S/C20H23N5O4/c1-28-11-13-8-24(9-14(13)19-21-18(22-23-19)12-6-7-12)17(26)10-25-15-4-2-3-5-16(15)29-20(25)27/h2-5,12-14H,6-11H2,1H3,(H,21,22,23)/t13-,14+/m0/s1. The monoisotopic (exact) mass is 397 g/mol. The third kappa shape index (κ3) is 3.35. The predicted octanol–water partition coefficient (Wildman–Crippen LogP) is 1.48. The maximum Gasteiger partial charge on any atom is 0.420 e. The lowest BCUT2D eigenvalue weighted by Gasteiger charge is -2.16. The highest BCUT2D eigenvalue weighted by molar-refractivity contribution is 5.80. The van der Waals surface area contributed by atoms with E-state index in [-0.39, 0.29) is 24.3 Å². The molecule has 9 nitrogen and oxygen atoms in total. The molecule has 1 saturated heterocycles. The number of methoxy groups -OCH3 is 1. The summed E-state index contributed by atoms with van der Waals surface area (Å²) in [6, 6.07) is 7.12. The number of carbonyl (C=O) groups excluding carboxylic acids is 1. The molecule has 0 spiro atoms. The van der Waals surface area contributed by atoms with Crippen LogP contribution in [0.3, 0.4) is 0 Å². The molecule has 0 bridgehead atoms. The fourth-order valence-corrected chi connectivity index (χ4v) is 4.14. The van der Waals surface area contributed by atoms with Crippen LogP contribution in [0.25, 0.3) is 11.1 Å². The first-order valence-corrected chi connectivity index (χ1v) is 9.91. The van der Waals surface area contributed by atoms with Crippen molar-refractivity contribution in [2.24, 2.45) is 5.92 Å². The summed E-state index contributed by atoms with van der Waals surface area (Å²) >= 11 is 0. The fourth-order valence-electron chi connectivity index (χ4n) is 4.14. The second-order valence-corrected chi connectivity index (χ2v) is 7.90. The first-order valence-electron chi connectivity index (χ1n) is 9.91. The molecule has 1 aliphatic carbocycles. The van der Waals surface area contributed by atoms with Gasteiger partial charge in [-0.05, 0) is 25.0 Å². The van der Waals surface area contributed by atoms with E-state index in [1.807, 2.05) is 6.07 Å². The molecule has 1 aromatic carbocycles. The average Bonchev–Trinajstić information content (AvgIpc) is 3.17. The molecule has 3 heterocycles. The molecule has 9 heteroatoms. The zero-order valence-electron chi connectivity index (χ0n) is 16.2. The first kappa shape index (κ1) is 18.1. The van der Waals surface area contributed by atoms with Crippen LogP contribution in [0.2, 0.25) is 0 Å². The largest absolute Gasteiger partial charge is 0.420 e. The quantitative estimate of drug-likeness (QED) is 0.675. The van der Waals surface area contributed by atoms with Crippen LogP contribution in [0.5, 0.6) is 0 Å². The minimum Gasteiger partial charge on any atom is -0.408 e. The summed E-state index contributed by atoms with van der Waals surface area (Å²) in [5.41, 5.74) is 1.11. The molecule has 29 heavy (non-hydrogen) atoms. The Balaban J connectivity index is 1.35. The molecular weight excluding hydrogens is 374 g/mol. The lowest BCUT2D eigenvalue weighted by molar-refractivity contribution is -0.131. The van der Waals surface area contributed by atoms with Crippen LogP contribution < -0.4 is 5.76 Å². The van der Waals surface area contributed by atoms with Gasteiger partial charge in [-0.15, -0.1) is 0 Å². The number of hydrogen-bond donors (Lipinski definition) is 1. The normalized spacial score (nSPS) is 21.9. The molecule has 2 fully saturated rings. The van der Waals surface area contributed by atoms with E-state index in [9.17, 15) is 9.59 Å². The lowest BCUT2D eigenvalue weighted by atomic mass is 9.96. The summed E-state index contributed by atoms with van der Waals surface area (Å²) in [5, 5.41) is 7.43. The number of hydrogen-bond acceptors (Lipinski definition) is 6. The third-order valence-electron chi connectivity index (χ3n) is 5.86. The molecule has 152 valence electrons. The highest BCUT2D eigenvalue weighted by atomic mass is 16.5. The van der Waals surface area contributed by atoms with Crippen LogP contribution in [0.4, 0.5) is 0 Å². The number of rotatable bonds is 6. The van der Waals surface area contributed by atoms with E-state index < -0.39 is 5.76 Å². The second kappa shape index (κ2) is 7.14. The molecule has 1 N–H and O–H groups in total. The molecule has 2 atom stereocenters. The van der Waals surface area contributed by atoms with E-state index in [0.717, 1.165) is 24.5 Å². The van der Waals surface area contributed by atoms with E-state index >= 15 is 0 Å². The smallest absolute Gasteiger partial charge is 0.408 e. The SMILES string of the molecule is COC[C@@H]1CN(C(=O)Cn2c(=O)oc3ccccc32)C[C@H]1c1nc(C2CC2)n[nH]1. The maximum absolute atomic E-state index is 13.0. The van der Waals surface area contributed by atoms with Gasteiger partial charge in [0.1, 0.15) is 12.4 Å². The molecule has 5 rings (SSSR count). The summed E-state index contributed by atoms with van der Waals surface area (Å²) in [6.07, 6.45) is 2.28. The molecule has 2 aromatic heterocycles. The molecular formula is C20H23N5O4. The zero-order chi connectivity index (χ0) is 20.0. The maximum atomic E-state index is 13.0. The van der Waals surface area contributed by atoms with E-state index in [1.165, 1.54) is 4.57 Å². The van der Waals surface area contributed by atoms with Crippen molar-refractivity contribution in [3.8, 4) is 0 Å². The number of oxazole rings is 1. The number of carbonyl (C=O) groups is 1. The minimum absolute atomic E-state index is 0.0386. The molecule has 1 amide bonds. The Hall–Kier alpha value is -2.94. The van der Waals surface area contributed by atoms with Crippen LogP contribution in [-0.4, -0.2) is 57.4 Å². The van der Waals surface area contributed by atoms with Crippen molar-refractivity contribution in [1.29, 1.82) is 0 Å². The van der Waals surface area contributed by atoms with Gasteiger partial charge in [0.05, 0.1) is 12.1 Å². The summed E-state index contributed by atoms with van der Waals surface area (Å²) in [5.74, 6) is 1.68. The minimum atomic E-state index is -0.520. The Morgan fingerprint density at radius 3 is 2.93 bits per heavy atom. The summed E-state index contributed by atoms with van der Waals surface area (Å²) in [7, 11) is 1.66. The highest BCUT2D eigenvalue weighted by Gasteiger charge is 2.39. The van der Waals surface area contributed by atoms with E-state index in [2.05, 4.69) is 15.2 Å². The van der Waals surface area contributed by atoms with Gasteiger partial charge < -0.3 is 14.1 Å². The Morgan fingerprint density at radius 2 is 2.14 bits per heavy atom. The number of nitrogens with one attached hydrogen (secondary N) is 1. The molecule has 3 aromatic rings. The van der Waals surface area contributed by atoms with Gasteiger partial charge in [-0.3, -0.25) is 14.5 Å². The molecule has 0 unspecified atom stereocenters. The van der Waals surface area contributed by atoms with E-state index in [0.29, 0.717) is 36.7 Å². The second-order valence-electron chi connectivity index (χ2n) is 7.90. The van der Waals surface area contributed by atoms with Gasteiger partial charge in [-0.25, -0.2) is 9.78 Å². The summed E-state index contributed by atoms with van der Waals surface area (Å²) < 4.78 is 12.0. The number of likely N-dealkylation sites (tertiary alicyclic amines) is 1. The Labute approximate surface area is 166 Å². The van der Waals surface area contributed by atoms with Gasteiger partial charge in [0.25, 0.3) is 0 Å². The van der Waals surface area contributed by atoms with Gasteiger partial charge in [-0.2, -0.15) is 5.10 Å². The number of amides is 1. The number of aromatic nitrogens is 4. The van der Waals surface area contributed by atoms with Crippen molar-refractivity contribution in [2.75, 3.05) is 26.8 Å². The van der Waals surface area contributed by atoms with Crippen LogP contribution in [-0.2, 0) is 16.1 Å². The molecule has 2 aliphatic rings. The van der Waals surface area contributed by atoms with Crippen molar-refractivity contribution in [3.63, 3.8) is 0 Å². The van der Waals surface area contributed by atoms with Crippen molar-refractivity contribution in [1.82, 2.24) is 24.6 Å². The van der Waals surface area contributed by atoms with Crippen molar-refractivity contribution in [2.45, 2.75) is 31.2 Å². The first-order chi connectivity index (χ1) is 14.1. The molecule has 1 saturated carbocycles. The number of benzene rings is 1. The van der Waals surface area contributed by atoms with Crippen LogP contribution >= 0.6 is 0 Å². The van der Waals surface area contributed by atoms with Crippen LogP contribution in [0, 0.1) is 5.92 Å². The van der Waals surface area contributed by atoms with Gasteiger partial charge >= 0.3 is 5.76 Å². The van der Waals surface area contributed by atoms with Gasteiger partial charge in [0, 0.05) is 38.0 Å². The number of fused-ring (bicyclic) bond motifs is 1. The Morgan fingerprint density at radius 1 is 1.31 bits per heavy atom. The highest BCUT2D eigenvalue weighted by Crippen LogP contribution is 2.39. The predicted molar refractivity (Wildman–Crippen MR) is 104 cm³/mol. The summed E-state index contributed by atoms with van der Waals surface area (Å²) in [6.45, 7) is 1.56. The Kier molecular flexibility index (Phi) is 4.46. The molecule has 1 aliphatic heterocycles. The topological polar surface area (TPSA) is 106 Å². The van der Waals surface area contributed by atoms with Crippen molar-refractivity contribution < 1.29 is 13.9 Å².